The van der Waals surface area contributed by atoms with Gasteiger partial charge in [0.05, 0.1) is 20.1 Å². The number of rotatable bonds is 9. The zero-order valence-corrected chi connectivity index (χ0v) is 17.9. The van der Waals surface area contributed by atoms with Crippen LogP contribution in [0.1, 0.15) is 18.4 Å². The van der Waals surface area contributed by atoms with Crippen LogP contribution in [0, 0.1) is 0 Å². The summed E-state index contributed by atoms with van der Waals surface area (Å²) in [5.41, 5.74) is 1.39. The zero-order chi connectivity index (χ0) is 20.5. The van der Waals surface area contributed by atoms with E-state index in [9.17, 15) is 4.79 Å². The molecule has 1 saturated heterocycles. The van der Waals surface area contributed by atoms with Crippen LogP contribution in [0.3, 0.4) is 0 Å². The maximum Gasteiger partial charge on any atom is 0.275 e. The van der Waals surface area contributed by atoms with Crippen LogP contribution < -0.4 is 19.9 Å². The molecule has 0 bridgehead atoms. The van der Waals surface area contributed by atoms with Crippen molar-refractivity contribution in [2.75, 3.05) is 39.8 Å². The molecule has 2 aromatic carbocycles. The van der Waals surface area contributed by atoms with Crippen molar-refractivity contribution in [3.63, 3.8) is 0 Å². The molecule has 1 aliphatic rings. The number of quaternary nitrogens is 2. The third-order valence-corrected chi connectivity index (χ3v) is 5.68. The van der Waals surface area contributed by atoms with Crippen molar-refractivity contribution in [1.29, 1.82) is 0 Å². The number of halogens is 1. The minimum absolute atomic E-state index is 0.130. The van der Waals surface area contributed by atoms with Gasteiger partial charge in [0.25, 0.3) is 5.91 Å². The van der Waals surface area contributed by atoms with Crippen molar-refractivity contribution in [1.82, 2.24) is 5.32 Å². The standard InChI is InChI=1S/C23H30ClN3O2/c1-26(15-16-29-22-9-7-20(24)8-10-22)18-23(28)25-21-11-13-27(14-12-21)17-19-5-3-2-4-6-19/h2-10,21H,11-18H2,1H3,(H,25,28)/p+2. The van der Waals surface area contributed by atoms with Gasteiger partial charge in [-0.25, -0.2) is 0 Å². The molecule has 1 amide bonds. The summed E-state index contributed by atoms with van der Waals surface area (Å²) in [6, 6.07) is 18.3. The van der Waals surface area contributed by atoms with Crippen LogP contribution in [0.5, 0.6) is 5.75 Å². The monoisotopic (exact) mass is 417 g/mol. The lowest BCUT2D eigenvalue weighted by Gasteiger charge is -2.30. The first kappa shape index (κ1) is 21.6. The van der Waals surface area contributed by atoms with Gasteiger partial charge in [0, 0.05) is 29.5 Å². The molecule has 1 fully saturated rings. The summed E-state index contributed by atoms with van der Waals surface area (Å²) in [6.45, 7) is 5.11. The Labute approximate surface area is 178 Å². The molecule has 0 aromatic heterocycles. The van der Waals surface area contributed by atoms with Crippen LogP contribution in [0.4, 0.5) is 0 Å². The topological polar surface area (TPSA) is 47.2 Å². The molecule has 156 valence electrons. The average molecular weight is 418 g/mol. The predicted octanol–water partition coefficient (Wildman–Crippen LogP) is 0.597. The van der Waals surface area contributed by atoms with Crippen molar-refractivity contribution in [3.05, 3.63) is 65.2 Å². The van der Waals surface area contributed by atoms with Gasteiger partial charge in [0.1, 0.15) is 25.4 Å². The summed E-state index contributed by atoms with van der Waals surface area (Å²) in [4.78, 5) is 15.1. The smallest absolute Gasteiger partial charge is 0.275 e. The summed E-state index contributed by atoms with van der Waals surface area (Å²) < 4.78 is 5.71. The summed E-state index contributed by atoms with van der Waals surface area (Å²) in [5.74, 6) is 0.932. The number of benzene rings is 2. The van der Waals surface area contributed by atoms with E-state index in [1.165, 1.54) is 5.56 Å². The highest BCUT2D eigenvalue weighted by Crippen LogP contribution is 2.14. The van der Waals surface area contributed by atoms with Crippen LogP contribution in [-0.2, 0) is 11.3 Å². The van der Waals surface area contributed by atoms with Crippen molar-refractivity contribution in [2.45, 2.75) is 25.4 Å². The van der Waals surface area contributed by atoms with Crippen LogP contribution in [0.2, 0.25) is 5.02 Å². The molecule has 1 atom stereocenters. The van der Waals surface area contributed by atoms with Crippen LogP contribution in [-0.4, -0.2) is 51.8 Å². The highest BCUT2D eigenvalue weighted by atomic mass is 35.5. The van der Waals surface area contributed by atoms with E-state index < -0.39 is 0 Å². The third-order valence-electron chi connectivity index (χ3n) is 5.43. The lowest BCUT2D eigenvalue weighted by atomic mass is 10.0. The molecule has 3 rings (SSSR count). The molecule has 0 radical (unpaired) electrons. The van der Waals surface area contributed by atoms with Crippen LogP contribution in [0.25, 0.3) is 0 Å². The van der Waals surface area contributed by atoms with Crippen molar-refractivity contribution in [2.24, 2.45) is 0 Å². The Hall–Kier alpha value is -2.08. The molecule has 2 aromatic rings. The molecule has 1 aliphatic heterocycles. The Kier molecular flexibility index (Phi) is 8.35. The second-order valence-corrected chi connectivity index (χ2v) is 8.38. The highest BCUT2D eigenvalue weighted by Gasteiger charge is 2.24. The second-order valence-electron chi connectivity index (χ2n) is 7.94. The molecule has 6 heteroatoms. The van der Waals surface area contributed by atoms with Gasteiger partial charge >= 0.3 is 0 Å². The molecule has 0 spiro atoms. The van der Waals surface area contributed by atoms with Crippen molar-refractivity contribution in [3.8, 4) is 5.75 Å². The van der Waals surface area contributed by atoms with E-state index in [2.05, 4.69) is 35.6 Å². The molecule has 1 unspecified atom stereocenters. The van der Waals surface area contributed by atoms with E-state index in [0.717, 1.165) is 49.7 Å². The van der Waals surface area contributed by atoms with E-state index >= 15 is 0 Å². The quantitative estimate of drug-likeness (QED) is 0.559. The number of hydrogen-bond acceptors (Lipinski definition) is 2. The fraction of sp³-hybridized carbons (Fsp3) is 0.435. The van der Waals surface area contributed by atoms with Crippen molar-refractivity contribution < 1.29 is 19.3 Å². The minimum atomic E-state index is 0.130. The number of piperidine rings is 1. The summed E-state index contributed by atoms with van der Waals surface area (Å²) in [5, 5.41) is 3.92. The predicted molar refractivity (Wildman–Crippen MR) is 116 cm³/mol. The molecular weight excluding hydrogens is 386 g/mol. The van der Waals surface area contributed by atoms with Crippen LogP contribution >= 0.6 is 11.6 Å². The highest BCUT2D eigenvalue weighted by molar-refractivity contribution is 6.30. The van der Waals surface area contributed by atoms with E-state index in [1.807, 2.05) is 31.3 Å². The van der Waals surface area contributed by atoms with E-state index in [-0.39, 0.29) is 5.91 Å². The molecule has 5 nitrogen and oxygen atoms in total. The first-order valence-electron chi connectivity index (χ1n) is 10.4. The lowest BCUT2D eigenvalue weighted by molar-refractivity contribution is -0.918. The zero-order valence-electron chi connectivity index (χ0n) is 17.1. The maximum atomic E-state index is 12.4. The summed E-state index contributed by atoms with van der Waals surface area (Å²) >= 11 is 5.87. The minimum Gasteiger partial charge on any atom is -0.488 e. The molecule has 0 saturated carbocycles. The normalized spacial score (nSPS) is 20.1. The Morgan fingerprint density at radius 3 is 2.52 bits per heavy atom. The number of likely N-dealkylation sites (tertiary alicyclic amines) is 1. The molecular formula is C23H32ClN3O2+2. The van der Waals surface area contributed by atoms with Gasteiger partial charge in [-0.05, 0) is 24.3 Å². The van der Waals surface area contributed by atoms with Gasteiger partial charge in [-0.3, -0.25) is 4.79 Å². The van der Waals surface area contributed by atoms with E-state index in [1.54, 1.807) is 4.90 Å². The number of hydrogen-bond donors (Lipinski definition) is 3. The molecule has 29 heavy (non-hydrogen) atoms. The number of amides is 1. The Morgan fingerprint density at radius 2 is 1.83 bits per heavy atom. The lowest BCUT2D eigenvalue weighted by Crippen LogP contribution is -3.12. The fourth-order valence-corrected chi connectivity index (χ4v) is 3.87. The number of carbonyl (C=O) groups excluding carboxylic acids is 1. The Morgan fingerprint density at radius 1 is 1.14 bits per heavy atom. The first-order chi connectivity index (χ1) is 14.1. The molecule has 0 aliphatic carbocycles. The molecule has 3 N–H and O–H groups in total. The Balaban J connectivity index is 1.29. The fourth-order valence-electron chi connectivity index (χ4n) is 3.75. The van der Waals surface area contributed by atoms with Gasteiger partial charge in [-0.2, -0.15) is 0 Å². The third kappa shape index (κ3) is 7.69. The van der Waals surface area contributed by atoms with Crippen molar-refractivity contribution >= 4 is 17.5 Å². The van der Waals surface area contributed by atoms with Gasteiger partial charge in [0.2, 0.25) is 0 Å². The largest absolute Gasteiger partial charge is 0.488 e. The maximum absolute atomic E-state index is 12.4. The van der Waals surface area contributed by atoms with Gasteiger partial charge in [-0.15, -0.1) is 0 Å². The van der Waals surface area contributed by atoms with Gasteiger partial charge in [0.15, 0.2) is 6.54 Å². The SMILES string of the molecule is C[NH+](CCOc1ccc(Cl)cc1)CC(=O)NC1CC[NH+](Cc2ccccc2)CC1. The Bertz CT molecular complexity index is 746. The number of likely N-dealkylation sites (N-methyl/N-ethyl adjacent to an activating group) is 1. The summed E-state index contributed by atoms with van der Waals surface area (Å²) in [7, 11) is 2.03. The van der Waals surface area contributed by atoms with E-state index in [4.69, 9.17) is 16.3 Å². The van der Waals surface area contributed by atoms with Gasteiger partial charge in [-0.1, -0.05) is 41.9 Å². The summed E-state index contributed by atoms with van der Waals surface area (Å²) in [6.07, 6.45) is 2.10. The number of ether oxygens (including phenoxy) is 1. The van der Waals surface area contributed by atoms with Gasteiger partial charge < -0.3 is 19.9 Å². The number of nitrogens with one attached hydrogen (secondary N) is 3. The molecule has 1 heterocycles. The first-order valence-corrected chi connectivity index (χ1v) is 10.8. The number of carbonyl (C=O) groups is 1. The second kappa shape index (κ2) is 11.2. The van der Waals surface area contributed by atoms with Crippen LogP contribution in [0.15, 0.2) is 54.6 Å². The average Bonchev–Trinajstić information content (AvgIpc) is 2.72. The van der Waals surface area contributed by atoms with E-state index in [0.29, 0.717) is 24.2 Å².